The molecule has 1 aromatic rings. The minimum Gasteiger partial charge on any atom is -0.409 e. The molecular weight excluding hydrogens is 252 g/mol. The zero-order valence-corrected chi connectivity index (χ0v) is 12.3. The van der Waals surface area contributed by atoms with Crippen molar-refractivity contribution in [3.8, 4) is 0 Å². The number of nitrogens with two attached hydrogens (primary N) is 1. The molecule has 1 aliphatic carbocycles. The third-order valence-corrected chi connectivity index (χ3v) is 4.27. The van der Waals surface area contributed by atoms with E-state index in [0.29, 0.717) is 11.7 Å². The van der Waals surface area contributed by atoms with Gasteiger partial charge in [0.25, 0.3) is 0 Å². The van der Waals surface area contributed by atoms with Crippen molar-refractivity contribution in [2.24, 2.45) is 16.8 Å². The van der Waals surface area contributed by atoms with E-state index in [2.05, 4.69) is 29.0 Å². The van der Waals surface area contributed by atoms with Gasteiger partial charge < -0.3 is 10.9 Å². The lowest BCUT2D eigenvalue weighted by Gasteiger charge is -2.33. The molecule has 1 aromatic heterocycles. The van der Waals surface area contributed by atoms with E-state index in [9.17, 15) is 0 Å². The van der Waals surface area contributed by atoms with Crippen molar-refractivity contribution in [1.29, 1.82) is 0 Å². The summed E-state index contributed by atoms with van der Waals surface area (Å²) in [6.07, 6.45) is 6.76. The van der Waals surface area contributed by atoms with Gasteiger partial charge in [0.1, 0.15) is 5.69 Å². The summed E-state index contributed by atoms with van der Waals surface area (Å²) in [5.41, 5.74) is 7.27. The van der Waals surface area contributed by atoms with Crippen LogP contribution in [-0.4, -0.2) is 34.0 Å². The Bertz CT molecular complexity index is 467. The van der Waals surface area contributed by atoms with Crippen LogP contribution in [0.15, 0.2) is 23.5 Å². The molecule has 0 radical (unpaired) electrons. The molecule has 0 unspecified atom stereocenters. The Morgan fingerprint density at radius 1 is 1.45 bits per heavy atom. The van der Waals surface area contributed by atoms with Crippen molar-refractivity contribution >= 4 is 5.84 Å². The first-order valence-electron chi connectivity index (χ1n) is 7.23. The van der Waals surface area contributed by atoms with Crippen molar-refractivity contribution < 1.29 is 5.21 Å². The van der Waals surface area contributed by atoms with Crippen LogP contribution in [0.4, 0.5) is 0 Å². The molecule has 0 saturated heterocycles. The van der Waals surface area contributed by atoms with Gasteiger partial charge in [-0.3, -0.25) is 9.88 Å². The zero-order valence-electron chi connectivity index (χ0n) is 12.3. The topological polar surface area (TPSA) is 74.7 Å². The molecule has 0 spiro atoms. The van der Waals surface area contributed by atoms with Crippen molar-refractivity contribution in [2.75, 3.05) is 7.05 Å². The molecule has 1 aliphatic rings. The number of hydrogen-bond acceptors (Lipinski definition) is 4. The van der Waals surface area contributed by atoms with Gasteiger partial charge in [-0.15, -0.1) is 0 Å². The number of pyridine rings is 1. The fourth-order valence-electron chi connectivity index (χ4n) is 2.93. The molecule has 0 bridgehead atoms. The summed E-state index contributed by atoms with van der Waals surface area (Å²) in [6.45, 7) is 3.10. The molecule has 20 heavy (non-hydrogen) atoms. The second-order valence-electron chi connectivity index (χ2n) is 5.83. The average Bonchev–Trinajstić information content (AvgIpc) is 2.47. The highest BCUT2D eigenvalue weighted by Crippen LogP contribution is 2.27. The molecule has 110 valence electrons. The molecule has 0 atom stereocenters. The summed E-state index contributed by atoms with van der Waals surface area (Å²) < 4.78 is 0. The van der Waals surface area contributed by atoms with Crippen LogP contribution in [-0.2, 0) is 6.54 Å². The van der Waals surface area contributed by atoms with E-state index >= 15 is 0 Å². The van der Waals surface area contributed by atoms with Crippen molar-refractivity contribution in [1.82, 2.24) is 9.88 Å². The second-order valence-corrected chi connectivity index (χ2v) is 5.83. The predicted molar refractivity (Wildman–Crippen MR) is 79.6 cm³/mol. The number of oxime groups is 1. The molecule has 0 aromatic carbocycles. The van der Waals surface area contributed by atoms with E-state index in [4.69, 9.17) is 10.9 Å². The summed E-state index contributed by atoms with van der Waals surface area (Å²) in [6, 6.07) is 4.49. The van der Waals surface area contributed by atoms with E-state index in [1.165, 1.54) is 25.7 Å². The second kappa shape index (κ2) is 6.70. The van der Waals surface area contributed by atoms with Gasteiger partial charge >= 0.3 is 0 Å². The van der Waals surface area contributed by atoms with Crippen LogP contribution in [0.3, 0.4) is 0 Å². The van der Waals surface area contributed by atoms with Gasteiger partial charge in [-0.25, -0.2) is 0 Å². The predicted octanol–water partition coefficient (Wildman–Crippen LogP) is 2.19. The third-order valence-electron chi connectivity index (χ3n) is 4.27. The lowest BCUT2D eigenvalue weighted by atomic mass is 9.86. The highest BCUT2D eigenvalue weighted by molar-refractivity contribution is 5.96. The Labute approximate surface area is 120 Å². The van der Waals surface area contributed by atoms with Crippen LogP contribution >= 0.6 is 0 Å². The molecule has 3 N–H and O–H groups in total. The highest BCUT2D eigenvalue weighted by atomic mass is 16.4. The van der Waals surface area contributed by atoms with Gasteiger partial charge in [-0.1, -0.05) is 18.1 Å². The molecule has 0 aliphatic heterocycles. The minimum atomic E-state index is 0.0752. The van der Waals surface area contributed by atoms with E-state index in [-0.39, 0.29) is 5.84 Å². The summed E-state index contributed by atoms with van der Waals surface area (Å²) >= 11 is 0. The van der Waals surface area contributed by atoms with E-state index in [1.807, 2.05) is 12.1 Å². The van der Waals surface area contributed by atoms with Crippen LogP contribution in [0.1, 0.15) is 43.9 Å². The van der Waals surface area contributed by atoms with E-state index < -0.39 is 0 Å². The van der Waals surface area contributed by atoms with Gasteiger partial charge in [0.15, 0.2) is 5.84 Å². The molecule has 5 nitrogen and oxygen atoms in total. The average molecular weight is 276 g/mol. The Morgan fingerprint density at radius 3 is 2.80 bits per heavy atom. The van der Waals surface area contributed by atoms with Crippen molar-refractivity contribution in [3.63, 3.8) is 0 Å². The summed E-state index contributed by atoms with van der Waals surface area (Å²) in [5.74, 6) is 0.928. The van der Waals surface area contributed by atoms with Gasteiger partial charge in [-0.2, -0.15) is 0 Å². The Balaban J connectivity index is 2.06. The minimum absolute atomic E-state index is 0.0752. The summed E-state index contributed by atoms with van der Waals surface area (Å²) in [4.78, 5) is 6.58. The van der Waals surface area contributed by atoms with Crippen molar-refractivity contribution in [3.05, 3.63) is 29.6 Å². The number of rotatable bonds is 4. The van der Waals surface area contributed by atoms with Crippen LogP contribution in [0.5, 0.6) is 0 Å². The zero-order chi connectivity index (χ0) is 14.5. The Kier molecular flexibility index (Phi) is 4.95. The Morgan fingerprint density at radius 2 is 2.15 bits per heavy atom. The molecule has 1 saturated carbocycles. The maximum atomic E-state index is 8.83. The van der Waals surface area contributed by atoms with Gasteiger partial charge in [0, 0.05) is 18.8 Å². The smallest absolute Gasteiger partial charge is 0.189 e. The maximum Gasteiger partial charge on any atom is 0.189 e. The van der Waals surface area contributed by atoms with Crippen molar-refractivity contribution in [2.45, 2.75) is 45.2 Å². The number of nitrogens with zero attached hydrogens (tertiary/aromatic N) is 3. The lowest BCUT2D eigenvalue weighted by molar-refractivity contribution is 0.163. The van der Waals surface area contributed by atoms with Gasteiger partial charge in [0.2, 0.25) is 0 Å². The fourth-order valence-corrected chi connectivity index (χ4v) is 2.93. The van der Waals surface area contributed by atoms with Gasteiger partial charge in [-0.05, 0) is 50.3 Å². The summed E-state index contributed by atoms with van der Waals surface area (Å²) in [5, 5.41) is 11.9. The first-order valence-corrected chi connectivity index (χ1v) is 7.23. The number of hydrogen-bond donors (Lipinski definition) is 2. The SMILES string of the molecule is CC1CCC(N(C)Cc2cccnc2C(N)=NO)CC1. The standard InChI is InChI=1S/C15H24N4O/c1-11-5-7-13(8-6-11)19(2)10-12-4-3-9-17-14(12)15(16)18-20/h3-4,9,11,13,20H,5-8,10H2,1-2H3,(H2,16,18). The first kappa shape index (κ1) is 14.8. The van der Waals surface area contributed by atoms with Gasteiger partial charge in [0.05, 0.1) is 0 Å². The quantitative estimate of drug-likeness (QED) is 0.382. The van der Waals surface area contributed by atoms with Crippen LogP contribution < -0.4 is 5.73 Å². The van der Waals surface area contributed by atoms with Crippen LogP contribution in [0.2, 0.25) is 0 Å². The fraction of sp³-hybridized carbons (Fsp3) is 0.600. The lowest BCUT2D eigenvalue weighted by Crippen LogP contribution is -2.35. The summed E-state index contributed by atoms with van der Waals surface area (Å²) in [7, 11) is 2.14. The molecule has 1 heterocycles. The van der Waals surface area contributed by atoms with Crippen LogP contribution in [0.25, 0.3) is 0 Å². The van der Waals surface area contributed by atoms with E-state index in [1.54, 1.807) is 6.20 Å². The van der Waals surface area contributed by atoms with Crippen LogP contribution in [0, 0.1) is 5.92 Å². The first-order chi connectivity index (χ1) is 9.61. The normalized spacial score (nSPS) is 24.1. The largest absolute Gasteiger partial charge is 0.409 e. The molecular formula is C15H24N4O. The highest BCUT2D eigenvalue weighted by Gasteiger charge is 2.22. The number of aromatic nitrogens is 1. The number of amidine groups is 1. The maximum absolute atomic E-state index is 8.83. The third kappa shape index (κ3) is 3.48. The van der Waals surface area contributed by atoms with E-state index in [0.717, 1.165) is 18.0 Å². The Hall–Kier alpha value is -1.62. The molecule has 1 fully saturated rings. The molecule has 2 rings (SSSR count). The molecule has 5 heteroatoms. The molecule has 0 amide bonds. The monoisotopic (exact) mass is 276 g/mol.